The molecule has 9 heteroatoms. The van der Waals surface area contributed by atoms with Gasteiger partial charge in [0.05, 0.1) is 19.1 Å². The highest BCUT2D eigenvalue weighted by Crippen LogP contribution is 2.24. The van der Waals surface area contributed by atoms with Gasteiger partial charge in [0.1, 0.15) is 11.8 Å². The average Bonchev–Trinajstić information content (AvgIpc) is 2.84. The van der Waals surface area contributed by atoms with Crippen molar-refractivity contribution in [2.45, 2.75) is 59.0 Å². The first-order chi connectivity index (χ1) is 17.1. The third-order valence-electron chi connectivity index (χ3n) is 5.86. The van der Waals surface area contributed by atoms with E-state index in [-0.39, 0.29) is 24.8 Å². The smallest absolute Gasteiger partial charge is 0.242 e. The number of aryl methyl sites for hydroxylation is 1. The monoisotopic (exact) mass is 517 g/mol. The highest BCUT2D eigenvalue weighted by atomic mass is 32.2. The Kier molecular flexibility index (Phi) is 11.2. The molecule has 1 N–H and O–H groups in total. The van der Waals surface area contributed by atoms with Crippen LogP contribution in [0.2, 0.25) is 0 Å². The van der Waals surface area contributed by atoms with E-state index in [4.69, 9.17) is 4.74 Å². The molecular weight excluding hydrogens is 478 g/mol. The Hall–Kier alpha value is -3.07. The molecule has 36 heavy (non-hydrogen) atoms. The van der Waals surface area contributed by atoms with Crippen LogP contribution in [0.15, 0.2) is 48.5 Å². The van der Waals surface area contributed by atoms with Gasteiger partial charge < -0.3 is 15.0 Å². The molecule has 2 amide bonds. The van der Waals surface area contributed by atoms with Crippen molar-refractivity contribution in [3.8, 4) is 5.75 Å². The van der Waals surface area contributed by atoms with Crippen molar-refractivity contribution in [3.05, 3.63) is 59.7 Å². The topological polar surface area (TPSA) is 96.0 Å². The number of carbonyl (C=O) groups excluding carboxylic acids is 2. The van der Waals surface area contributed by atoms with Crippen LogP contribution in [0.1, 0.15) is 50.7 Å². The number of hydrogen-bond donors (Lipinski definition) is 1. The van der Waals surface area contributed by atoms with Gasteiger partial charge in [-0.15, -0.1) is 0 Å². The van der Waals surface area contributed by atoms with E-state index in [1.165, 1.54) is 11.4 Å². The van der Waals surface area contributed by atoms with Gasteiger partial charge in [-0.25, -0.2) is 8.42 Å². The number of benzene rings is 2. The van der Waals surface area contributed by atoms with Gasteiger partial charge in [0.25, 0.3) is 0 Å². The van der Waals surface area contributed by atoms with E-state index in [1.54, 1.807) is 29.2 Å². The number of carbonyl (C=O) groups is 2. The molecule has 198 valence electrons. The van der Waals surface area contributed by atoms with Crippen molar-refractivity contribution < 1.29 is 22.7 Å². The molecule has 1 atom stereocenters. The summed E-state index contributed by atoms with van der Waals surface area (Å²) in [5, 5.41) is 2.91. The number of rotatable bonds is 14. The van der Waals surface area contributed by atoms with E-state index in [2.05, 4.69) is 5.32 Å². The number of amides is 2. The van der Waals surface area contributed by atoms with Crippen molar-refractivity contribution in [1.82, 2.24) is 10.2 Å². The van der Waals surface area contributed by atoms with Crippen molar-refractivity contribution in [1.29, 1.82) is 0 Å². The Morgan fingerprint density at radius 3 is 2.42 bits per heavy atom. The van der Waals surface area contributed by atoms with E-state index in [1.807, 2.05) is 45.0 Å². The largest absolute Gasteiger partial charge is 0.497 e. The van der Waals surface area contributed by atoms with Crippen LogP contribution in [0.25, 0.3) is 0 Å². The molecule has 0 saturated carbocycles. The maximum Gasteiger partial charge on any atom is 0.242 e. The molecule has 8 nitrogen and oxygen atoms in total. The fraction of sp³-hybridized carbons (Fsp3) is 0.481. The molecule has 0 saturated heterocycles. The Morgan fingerprint density at radius 2 is 1.81 bits per heavy atom. The minimum atomic E-state index is -3.57. The van der Waals surface area contributed by atoms with Crippen molar-refractivity contribution >= 4 is 27.5 Å². The molecule has 0 aromatic heterocycles. The number of hydrogen-bond acceptors (Lipinski definition) is 5. The van der Waals surface area contributed by atoms with Gasteiger partial charge in [-0.1, -0.05) is 49.7 Å². The first-order valence-corrected chi connectivity index (χ1v) is 14.2. The zero-order chi connectivity index (χ0) is 26.7. The molecule has 2 aromatic rings. The summed E-state index contributed by atoms with van der Waals surface area (Å²) in [6, 6.07) is 14.1. The third kappa shape index (κ3) is 8.55. The second kappa shape index (κ2) is 13.9. The van der Waals surface area contributed by atoms with Crippen LogP contribution in [0.4, 0.5) is 5.69 Å². The molecule has 0 bridgehead atoms. The van der Waals surface area contributed by atoms with Gasteiger partial charge in [-0.3, -0.25) is 13.9 Å². The Bertz CT molecular complexity index is 1120. The van der Waals surface area contributed by atoms with Gasteiger partial charge in [0.2, 0.25) is 21.8 Å². The van der Waals surface area contributed by atoms with E-state index in [9.17, 15) is 18.0 Å². The lowest BCUT2D eigenvalue weighted by molar-refractivity contribution is -0.141. The Morgan fingerprint density at radius 1 is 1.08 bits per heavy atom. The summed E-state index contributed by atoms with van der Waals surface area (Å²) in [7, 11) is -2.05. The van der Waals surface area contributed by atoms with Crippen LogP contribution >= 0.6 is 0 Å². The first-order valence-electron chi connectivity index (χ1n) is 12.3. The summed E-state index contributed by atoms with van der Waals surface area (Å²) >= 11 is 0. The lowest BCUT2D eigenvalue weighted by atomic mass is 10.1. The van der Waals surface area contributed by atoms with Crippen molar-refractivity contribution in [2.24, 2.45) is 0 Å². The third-order valence-corrected chi connectivity index (χ3v) is 7.06. The molecule has 2 aromatic carbocycles. The standard InChI is InChI=1S/C27H39N3O5S/c1-6-16-28-27(32)25(7-2)29(20-22-12-8-11-21(3)18-22)26(31)15-10-17-30(36(5,33)34)23-13-9-14-24(19-23)35-4/h8-9,11-14,18-19,25H,6-7,10,15-17,20H2,1-5H3,(H,28,32)/t25-/m1/s1. The van der Waals surface area contributed by atoms with Crippen LogP contribution in [0.3, 0.4) is 0 Å². The van der Waals surface area contributed by atoms with Gasteiger partial charge in [-0.05, 0) is 43.9 Å². The predicted octanol–water partition coefficient (Wildman–Crippen LogP) is 3.88. The second-order valence-corrected chi connectivity index (χ2v) is 10.8. The molecular formula is C27H39N3O5S. The van der Waals surface area contributed by atoms with Crippen LogP contribution in [-0.4, -0.2) is 57.6 Å². The van der Waals surface area contributed by atoms with Crippen LogP contribution in [0.5, 0.6) is 5.75 Å². The summed E-state index contributed by atoms with van der Waals surface area (Å²) in [4.78, 5) is 27.9. The first kappa shape index (κ1) is 29.2. The predicted molar refractivity (Wildman–Crippen MR) is 144 cm³/mol. The van der Waals surface area contributed by atoms with E-state index >= 15 is 0 Å². The summed E-state index contributed by atoms with van der Waals surface area (Å²) < 4.78 is 31.5. The molecule has 0 unspecified atom stereocenters. The van der Waals surface area contributed by atoms with Crippen LogP contribution in [0, 0.1) is 6.92 Å². The summed E-state index contributed by atoms with van der Waals surface area (Å²) in [5.41, 5.74) is 2.50. The molecule has 2 rings (SSSR count). The second-order valence-electron chi connectivity index (χ2n) is 8.87. The van der Waals surface area contributed by atoms with Crippen LogP contribution in [-0.2, 0) is 26.2 Å². The Balaban J connectivity index is 2.21. The van der Waals surface area contributed by atoms with Crippen molar-refractivity contribution in [3.63, 3.8) is 0 Å². The van der Waals surface area contributed by atoms with Crippen LogP contribution < -0.4 is 14.4 Å². The van der Waals surface area contributed by atoms with Gasteiger partial charge in [0.15, 0.2) is 0 Å². The molecule has 0 heterocycles. The van der Waals surface area contributed by atoms with E-state index in [0.717, 1.165) is 23.8 Å². The van der Waals surface area contributed by atoms with Gasteiger partial charge in [-0.2, -0.15) is 0 Å². The molecule has 0 fully saturated rings. The molecule has 0 aliphatic heterocycles. The Labute approximate surface area is 215 Å². The minimum Gasteiger partial charge on any atom is -0.497 e. The highest BCUT2D eigenvalue weighted by Gasteiger charge is 2.28. The average molecular weight is 518 g/mol. The number of anilines is 1. The highest BCUT2D eigenvalue weighted by molar-refractivity contribution is 7.92. The fourth-order valence-electron chi connectivity index (χ4n) is 4.06. The minimum absolute atomic E-state index is 0.110. The summed E-state index contributed by atoms with van der Waals surface area (Å²) in [5.74, 6) is 0.189. The van der Waals surface area contributed by atoms with Gasteiger partial charge >= 0.3 is 0 Å². The normalized spacial score (nSPS) is 12.0. The van der Waals surface area contributed by atoms with E-state index in [0.29, 0.717) is 37.4 Å². The molecule has 0 radical (unpaired) electrons. The van der Waals surface area contributed by atoms with E-state index < -0.39 is 16.1 Å². The SMILES string of the molecule is CCCNC(=O)[C@@H](CC)N(Cc1cccc(C)c1)C(=O)CCCN(c1cccc(OC)c1)S(C)(=O)=O. The number of sulfonamides is 1. The summed E-state index contributed by atoms with van der Waals surface area (Å²) in [6.45, 7) is 6.84. The van der Waals surface area contributed by atoms with Crippen molar-refractivity contribution in [2.75, 3.05) is 30.8 Å². The number of methoxy groups -OCH3 is 1. The lowest BCUT2D eigenvalue weighted by Gasteiger charge is -2.31. The number of nitrogens with one attached hydrogen (secondary N) is 1. The molecule has 0 aliphatic rings. The zero-order valence-electron chi connectivity index (χ0n) is 22.0. The number of nitrogens with zero attached hydrogens (tertiary/aromatic N) is 2. The van der Waals surface area contributed by atoms with Gasteiger partial charge in [0, 0.05) is 32.1 Å². The maximum atomic E-state index is 13.4. The molecule has 0 spiro atoms. The summed E-state index contributed by atoms with van der Waals surface area (Å²) in [6.07, 6.45) is 2.84. The quantitative estimate of drug-likeness (QED) is 0.410. The lowest BCUT2D eigenvalue weighted by Crippen LogP contribution is -2.49. The number of ether oxygens (including phenoxy) is 1. The molecule has 0 aliphatic carbocycles. The zero-order valence-corrected chi connectivity index (χ0v) is 22.8. The fourth-order valence-corrected chi connectivity index (χ4v) is 5.02. The maximum absolute atomic E-state index is 13.4.